The van der Waals surface area contributed by atoms with Crippen LogP contribution in [-0.4, -0.2) is 41.1 Å². The summed E-state index contributed by atoms with van der Waals surface area (Å²) in [6, 6.07) is 0. The average Bonchev–Trinajstić information content (AvgIpc) is 2.06. The summed E-state index contributed by atoms with van der Waals surface area (Å²) in [6.45, 7) is -1.21. The van der Waals surface area contributed by atoms with E-state index in [0.717, 1.165) is 4.90 Å². The zero-order valence-corrected chi connectivity index (χ0v) is 7.75. The second-order valence-corrected chi connectivity index (χ2v) is 3.45. The number of carboxylic acids is 1. The molecule has 1 aliphatic heterocycles. The molecule has 1 saturated heterocycles. The number of halogens is 3. The maximum Gasteiger partial charge on any atom is 0.393 e. The third-order valence-electron chi connectivity index (χ3n) is 2.29. The van der Waals surface area contributed by atoms with Gasteiger partial charge in [0.05, 0.1) is 5.92 Å². The Bertz CT molecular complexity index is 277. The lowest BCUT2D eigenvalue weighted by Crippen LogP contribution is -2.46. The van der Waals surface area contributed by atoms with E-state index in [1.807, 2.05) is 0 Å². The summed E-state index contributed by atoms with van der Waals surface area (Å²) in [7, 11) is 0. The van der Waals surface area contributed by atoms with Gasteiger partial charge in [-0.25, -0.2) is 0 Å². The molecule has 0 saturated carbocycles. The van der Waals surface area contributed by atoms with Gasteiger partial charge in [0.15, 0.2) is 0 Å². The number of nitrogens with zero attached hydrogens (tertiary/aromatic N) is 1. The molecule has 0 aliphatic carbocycles. The number of hydrogen-bond acceptors (Lipinski definition) is 2. The van der Waals surface area contributed by atoms with E-state index in [9.17, 15) is 22.8 Å². The second kappa shape index (κ2) is 4.08. The lowest BCUT2D eigenvalue weighted by Gasteiger charge is -2.32. The van der Waals surface area contributed by atoms with Crippen LogP contribution in [0, 0.1) is 5.92 Å². The van der Waals surface area contributed by atoms with Gasteiger partial charge in [-0.15, -0.1) is 0 Å². The summed E-state index contributed by atoms with van der Waals surface area (Å²) < 4.78 is 36.9. The van der Waals surface area contributed by atoms with Crippen LogP contribution in [-0.2, 0) is 9.59 Å². The molecule has 0 aromatic heterocycles. The van der Waals surface area contributed by atoms with Crippen LogP contribution in [0.15, 0.2) is 0 Å². The number of piperidine rings is 1. The van der Waals surface area contributed by atoms with Gasteiger partial charge in [0.2, 0.25) is 5.91 Å². The monoisotopic (exact) mass is 225 g/mol. The predicted molar refractivity (Wildman–Crippen MR) is 43.0 cm³/mol. The molecule has 1 N–H and O–H groups in total. The second-order valence-electron chi connectivity index (χ2n) is 3.45. The normalized spacial score (nSPS) is 23.0. The molecule has 1 rings (SSSR count). The highest BCUT2D eigenvalue weighted by Gasteiger charge is 2.43. The lowest BCUT2D eigenvalue weighted by molar-refractivity contribution is -0.190. The number of carboxylic acid groups (broad SMARTS) is 1. The molecule has 0 radical (unpaired) electrons. The molecule has 15 heavy (non-hydrogen) atoms. The minimum Gasteiger partial charge on any atom is -0.480 e. The van der Waals surface area contributed by atoms with Crippen molar-refractivity contribution in [1.82, 2.24) is 4.90 Å². The van der Waals surface area contributed by atoms with E-state index >= 15 is 0 Å². The van der Waals surface area contributed by atoms with E-state index < -0.39 is 37.1 Å². The molecule has 1 fully saturated rings. The van der Waals surface area contributed by atoms with Crippen molar-refractivity contribution < 1.29 is 27.9 Å². The molecule has 0 aromatic rings. The Hall–Kier alpha value is -1.27. The van der Waals surface area contributed by atoms with Crippen LogP contribution >= 0.6 is 0 Å². The fourth-order valence-electron chi connectivity index (χ4n) is 1.50. The molecule has 1 unspecified atom stereocenters. The highest BCUT2D eigenvalue weighted by molar-refractivity contribution is 5.81. The van der Waals surface area contributed by atoms with E-state index in [4.69, 9.17) is 5.11 Å². The highest BCUT2D eigenvalue weighted by Crippen LogP contribution is 2.33. The summed E-state index contributed by atoms with van der Waals surface area (Å²) in [6.07, 6.45) is -4.85. The summed E-state index contributed by atoms with van der Waals surface area (Å²) >= 11 is 0. The fourth-order valence-corrected chi connectivity index (χ4v) is 1.50. The van der Waals surface area contributed by atoms with Crippen LogP contribution in [0.1, 0.15) is 12.8 Å². The average molecular weight is 225 g/mol. The fraction of sp³-hybridized carbons (Fsp3) is 0.750. The molecule has 1 heterocycles. The first-order chi connectivity index (χ1) is 6.80. The SMILES string of the molecule is O=C(O)CN1CC(C(F)(F)F)CCC1=O. The minimum absolute atomic E-state index is 0.239. The van der Waals surface area contributed by atoms with Crippen molar-refractivity contribution in [3.63, 3.8) is 0 Å². The van der Waals surface area contributed by atoms with E-state index in [2.05, 4.69) is 0 Å². The zero-order chi connectivity index (χ0) is 11.6. The Labute approximate surface area is 83.7 Å². The molecule has 1 amide bonds. The minimum atomic E-state index is -4.36. The van der Waals surface area contributed by atoms with Gasteiger partial charge < -0.3 is 10.0 Å². The molecule has 1 atom stereocenters. The van der Waals surface area contributed by atoms with Crippen LogP contribution in [0.5, 0.6) is 0 Å². The Kier molecular flexibility index (Phi) is 3.21. The first kappa shape index (κ1) is 11.8. The van der Waals surface area contributed by atoms with Crippen molar-refractivity contribution in [2.24, 2.45) is 5.92 Å². The van der Waals surface area contributed by atoms with Crippen molar-refractivity contribution in [3.05, 3.63) is 0 Å². The quantitative estimate of drug-likeness (QED) is 0.758. The largest absolute Gasteiger partial charge is 0.480 e. The number of carbonyl (C=O) groups is 2. The molecule has 4 nitrogen and oxygen atoms in total. The van der Waals surface area contributed by atoms with E-state index in [1.54, 1.807) is 0 Å². The maximum atomic E-state index is 12.3. The Morgan fingerprint density at radius 3 is 2.60 bits per heavy atom. The molecular formula is C8H10F3NO3. The first-order valence-corrected chi connectivity index (χ1v) is 4.37. The molecule has 86 valence electrons. The number of likely N-dealkylation sites (tertiary alicyclic amines) is 1. The number of alkyl halides is 3. The van der Waals surface area contributed by atoms with Gasteiger partial charge in [0.25, 0.3) is 0 Å². The zero-order valence-electron chi connectivity index (χ0n) is 7.75. The third-order valence-corrected chi connectivity index (χ3v) is 2.29. The number of carbonyl (C=O) groups excluding carboxylic acids is 1. The van der Waals surface area contributed by atoms with Crippen LogP contribution in [0.3, 0.4) is 0 Å². The molecule has 7 heteroatoms. The van der Waals surface area contributed by atoms with Crippen molar-refractivity contribution in [1.29, 1.82) is 0 Å². The maximum absolute atomic E-state index is 12.3. The molecular weight excluding hydrogens is 215 g/mol. The summed E-state index contributed by atoms with van der Waals surface area (Å²) in [5.74, 6) is -3.43. The number of aliphatic carboxylic acids is 1. The number of amides is 1. The molecule has 0 spiro atoms. The van der Waals surface area contributed by atoms with E-state index in [0.29, 0.717) is 0 Å². The summed E-state index contributed by atoms with van der Waals surface area (Å²) in [5, 5.41) is 8.40. The van der Waals surface area contributed by atoms with Gasteiger partial charge in [-0.2, -0.15) is 13.2 Å². The molecule has 0 bridgehead atoms. The lowest BCUT2D eigenvalue weighted by atomic mass is 9.97. The molecule has 1 aliphatic rings. The van der Waals surface area contributed by atoms with Crippen molar-refractivity contribution in [2.45, 2.75) is 19.0 Å². The van der Waals surface area contributed by atoms with Gasteiger partial charge in [-0.05, 0) is 6.42 Å². The Morgan fingerprint density at radius 2 is 2.13 bits per heavy atom. The Balaban J connectivity index is 2.64. The predicted octanol–water partition coefficient (Wildman–Crippen LogP) is 0.872. The van der Waals surface area contributed by atoms with Gasteiger partial charge in [0, 0.05) is 13.0 Å². The van der Waals surface area contributed by atoms with Crippen LogP contribution in [0.4, 0.5) is 13.2 Å². The first-order valence-electron chi connectivity index (χ1n) is 4.37. The Morgan fingerprint density at radius 1 is 1.53 bits per heavy atom. The van der Waals surface area contributed by atoms with Gasteiger partial charge >= 0.3 is 12.1 Å². The number of hydrogen-bond donors (Lipinski definition) is 1. The molecule has 0 aromatic carbocycles. The van der Waals surface area contributed by atoms with Gasteiger partial charge in [-0.1, -0.05) is 0 Å². The third kappa shape index (κ3) is 3.10. The van der Waals surface area contributed by atoms with Crippen molar-refractivity contribution >= 4 is 11.9 Å². The van der Waals surface area contributed by atoms with Crippen LogP contribution < -0.4 is 0 Å². The van der Waals surface area contributed by atoms with E-state index in [1.165, 1.54) is 0 Å². The summed E-state index contributed by atoms with van der Waals surface area (Å²) in [5.41, 5.74) is 0. The van der Waals surface area contributed by atoms with Crippen molar-refractivity contribution in [3.8, 4) is 0 Å². The summed E-state index contributed by atoms with van der Waals surface area (Å²) in [4.78, 5) is 22.1. The van der Waals surface area contributed by atoms with Crippen molar-refractivity contribution in [2.75, 3.05) is 13.1 Å². The topological polar surface area (TPSA) is 57.6 Å². The van der Waals surface area contributed by atoms with E-state index in [-0.39, 0.29) is 12.8 Å². The van der Waals surface area contributed by atoms with Gasteiger partial charge in [-0.3, -0.25) is 9.59 Å². The smallest absolute Gasteiger partial charge is 0.393 e. The van der Waals surface area contributed by atoms with Crippen LogP contribution in [0.2, 0.25) is 0 Å². The number of rotatable bonds is 2. The van der Waals surface area contributed by atoms with Gasteiger partial charge in [0.1, 0.15) is 6.54 Å². The van der Waals surface area contributed by atoms with Crippen LogP contribution in [0.25, 0.3) is 0 Å². The standard InChI is InChI=1S/C8H10F3NO3/c9-8(10,11)5-1-2-6(13)12(3-5)4-7(14)15/h5H,1-4H2,(H,14,15). The highest BCUT2D eigenvalue weighted by atomic mass is 19.4.